The minimum Gasteiger partial charge on any atom is -0.0885 e. The van der Waals surface area contributed by atoms with Gasteiger partial charge in [0.1, 0.15) is 0 Å². The van der Waals surface area contributed by atoms with Crippen LogP contribution in [0.1, 0.15) is 96.0 Å². The maximum Gasteiger partial charge on any atom is -0.0149 e. The van der Waals surface area contributed by atoms with Crippen LogP contribution in [0.25, 0.3) is 0 Å². The molecule has 0 aliphatic carbocycles. The summed E-state index contributed by atoms with van der Waals surface area (Å²) in [5.74, 6) is 0. The highest BCUT2D eigenvalue weighted by molar-refractivity contribution is 5.12. The van der Waals surface area contributed by atoms with Gasteiger partial charge >= 0.3 is 0 Å². The summed E-state index contributed by atoms with van der Waals surface area (Å²) < 4.78 is 0. The molecule has 0 spiro atoms. The Morgan fingerprint density at radius 2 is 1.35 bits per heavy atom. The zero-order valence-electron chi connectivity index (χ0n) is 15.4. The summed E-state index contributed by atoms with van der Waals surface area (Å²) in [6.45, 7) is 2.29. The standard InChI is InChI=1S/C23H37/c1-2-3-4-5-6-7-8-9-10-11-12-13-14-15-17-20-23-21-18-16-19-22-23/h13-14,16,18-19,21H,2-12,15,17,20H2,1H3. The number of hydrogen-bond donors (Lipinski definition) is 0. The van der Waals surface area contributed by atoms with Gasteiger partial charge in [-0.1, -0.05) is 101 Å². The van der Waals surface area contributed by atoms with Crippen LogP contribution in [-0.2, 0) is 6.42 Å². The van der Waals surface area contributed by atoms with Gasteiger partial charge in [0.05, 0.1) is 0 Å². The molecule has 23 heavy (non-hydrogen) atoms. The molecule has 0 aliphatic rings. The molecule has 0 heteroatoms. The van der Waals surface area contributed by atoms with E-state index in [-0.39, 0.29) is 0 Å². The van der Waals surface area contributed by atoms with Crippen LogP contribution in [-0.4, -0.2) is 0 Å². The SMILES string of the molecule is CCCCCCCCCCCCC=CCCCc1[c]cccc1. The molecule has 0 atom stereocenters. The highest BCUT2D eigenvalue weighted by atomic mass is 14.0. The maximum absolute atomic E-state index is 3.29. The first-order valence-electron chi connectivity index (χ1n) is 10.0. The van der Waals surface area contributed by atoms with Gasteiger partial charge in [0.25, 0.3) is 0 Å². The van der Waals surface area contributed by atoms with Gasteiger partial charge in [0, 0.05) is 0 Å². The molecule has 1 aromatic rings. The van der Waals surface area contributed by atoms with Crippen LogP contribution in [0.2, 0.25) is 0 Å². The Hall–Kier alpha value is -1.04. The molecule has 0 fully saturated rings. The van der Waals surface area contributed by atoms with Gasteiger partial charge in [0.2, 0.25) is 0 Å². The summed E-state index contributed by atoms with van der Waals surface area (Å²) in [5, 5.41) is 0. The minimum absolute atomic E-state index is 1.16. The lowest BCUT2D eigenvalue weighted by Gasteiger charge is -2.01. The van der Waals surface area contributed by atoms with E-state index in [1.807, 2.05) is 12.1 Å². The van der Waals surface area contributed by atoms with Crippen molar-refractivity contribution in [2.45, 2.75) is 96.8 Å². The van der Waals surface area contributed by atoms with Crippen LogP contribution in [0.3, 0.4) is 0 Å². The molecule has 0 saturated carbocycles. The van der Waals surface area contributed by atoms with Crippen LogP contribution in [0, 0.1) is 6.07 Å². The number of unbranched alkanes of at least 4 members (excludes halogenated alkanes) is 11. The molecule has 1 rings (SSSR count). The molecule has 129 valence electrons. The molecule has 1 radical (unpaired) electrons. The molecule has 0 nitrogen and oxygen atoms in total. The van der Waals surface area contributed by atoms with E-state index < -0.39 is 0 Å². The summed E-state index contributed by atoms with van der Waals surface area (Å²) >= 11 is 0. The van der Waals surface area contributed by atoms with Crippen molar-refractivity contribution in [2.24, 2.45) is 0 Å². The summed E-state index contributed by atoms with van der Waals surface area (Å²) in [6.07, 6.45) is 23.9. The first-order valence-corrected chi connectivity index (χ1v) is 10.0. The molecule has 0 aromatic heterocycles. The topological polar surface area (TPSA) is 0 Å². The lowest BCUT2D eigenvalue weighted by atomic mass is 10.1. The van der Waals surface area contributed by atoms with Gasteiger partial charge < -0.3 is 0 Å². The fourth-order valence-electron chi connectivity index (χ4n) is 2.98. The molecule has 0 aliphatic heterocycles. The van der Waals surface area contributed by atoms with E-state index in [0.717, 1.165) is 6.42 Å². The summed E-state index contributed by atoms with van der Waals surface area (Å²) in [4.78, 5) is 0. The molecule has 0 N–H and O–H groups in total. The Balaban J connectivity index is 1.78. The molecule has 0 saturated heterocycles. The Morgan fingerprint density at radius 3 is 1.96 bits per heavy atom. The highest BCUT2D eigenvalue weighted by Crippen LogP contribution is 2.11. The smallest absolute Gasteiger partial charge is 0.0149 e. The van der Waals surface area contributed by atoms with Crippen molar-refractivity contribution in [3.05, 3.63) is 48.0 Å². The third-order valence-corrected chi connectivity index (χ3v) is 4.48. The number of rotatable bonds is 15. The summed E-state index contributed by atoms with van der Waals surface area (Å²) in [5.41, 5.74) is 1.34. The number of allylic oxidation sites excluding steroid dienone is 2. The molecular formula is C23H37. The van der Waals surface area contributed by atoms with Crippen LogP contribution < -0.4 is 0 Å². The number of hydrogen-bond acceptors (Lipinski definition) is 0. The predicted octanol–water partition coefficient (Wildman–Crippen LogP) is 7.68. The normalized spacial score (nSPS) is 11.3. The second kappa shape index (κ2) is 15.8. The van der Waals surface area contributed by atoms with Crippen LogP contribution in [0.15, 0.2) is 36.4 Å². The number of benzene rings is 1. The predicted molar refractivity (Wildman–Crippen MR) is 104 cm³/mol. The van der Waals surface area contributed by atoms with E-state index in [0.29, 0.717) is 0 Å². The Labute approximate surface area is 145 Å². The van der Waals surface area contributed by atoms with Gasteiger partial charge in [0.15, 0.2) is 0 Å². The lowest BCUT2D eigenvalue weighted by molar-refractivity contribution is 0.557. The average Bonchev–Trinajstić information content (AvgIpc) is 2.59. The summed E-state index contributed by atoms with van der Waals surface area (Å²) in [6, 6.07) is 11.6. The fourth-order valence-corrected chi connectivity index (χ4v) is 2.98. The van der Waals surface area contributed by atoms with E-state index in [4.69, 9.17) is 0 Å². The van der Waals surface area contributed by atoms with E-state index in [9.17, 15) is 0 Å². The van der Waals surface area contributed by atoms with Crippen molar-refractivity contribution >= 4 is 0 Å². The Morgan fingerprint density at radius 1 is 0.739 bits per heavy atom. The maximum atomic E-state index is 3.29. The van der Waals surface area contributed by atoms with Crippen molar-refractivity contribution in [3.8, 4) is 0 Å². The molecule has 0 amide bonds. The fraction of sp³-hybridized carbons (Fsp3) is 0.652. The molecule has 0 unspecified atom stereocenters. The molecule has 0 bridgehead atoms. The zero-order chi connectivity index (χ0) is 16.4. The lowest BCUT2D eigenvalue weighted by Crippen LogP contribution is -1.83. The average molecular weight is 314 g/mol. The third kappa shape index (κ3) is 13.1. The second-order valence-corrected chi connectivity index (χ2v) is 6.72. The van der Waals surface area contributed by atoms with Crippen LogP contribution >= 0.6 is 0 Å². The summed E-state index contributed by atoms with van der Waals surface area (Å²) in [7, 11) is 0. The molecular weight excluding hydrogens is 276 g/mol. The van der Waals surface area contributed by atoms with Crippen molar-refractivity contribution in [3.63, 3.8) is 0 Å². The van der Waals surface area contributed by atoms with E-state index >= 15 is 0 Å². The Bertz CT molecular complexity index is 363. The van der Waals surface area contributed by atoms with Crippen molar-refractivity contribution < 1.29 is 0 Å². The van der Waals surface area contributed by atoms with Gasteiger partial charge in [-0.25, -0.2) is 0 Å². The van der Waals surface area contributed by atoms with Crippen molar-refractivity contribution in [2.75, 3.05) is 0 Å². The molecule has 1 aromatic carbocycles. The first kappa shape index (κ1) is 20.0. The van der Waals surface area contributed by atoms with Crippen molar-refractivity contribution in [1.29, 1.82) is 0 Å². The highest BCUT2D eigenvalue weighted by Gasteiger charge is 1.92. The Kier molecular flexibility index (Phi) is 13.8. The van der Waals surface area contributed by atoms with E-state index in [2.05, 4.69) is 37.3 Å². The van der Waals surface area contributed by atoms with Gasteiger partial charge in [-0.2, -0.15) is 0 Å². The minimum atomic E-state index is 1.16. The number of aryl methyl sites for hydroxylation is 1. The quantitative estimate of drug-likeness (QED) is 0.230. The first-order chi connectivity index (χ1) is 11.4. The second-order valence-electron chi connectivity index (χ2n) is 6.72. The van der Waals surface area contributed by atoms with Gasteiger partial charge in [-0.05, 0) is 43.7 Å². The van der Waals surface area contributed by atoms with Gasteiger partial charge in [-0.15, -0.1) is 0 Å². The van der Waals surface area contributed by atoms with Crippen molar-refractivity contribution in [1.82, 2.24) is 0 Å². The van der Waals surface area contributed by atoms with Gasteiger partial charge in [-0.3, -0.25) is 0 Å². The zero-order valence-corrected chi connectivity index (χ0v) is 15.4. The van der Waals surface area contributed by atoms with E-state index in [1.54, 1.807) is 0 Å². The van der Waals surface area contributed by atoms with E-state index in [1.165, 1.54) is 89.0 Å². The third-order valence-electron chi connectivity index (χ3n) is 4.48. The van der Waals surface area contributed by atoms with Crippen LogP contribution in [0.4, 0.5) is 0 Å². The largest absolute Gasteiger partial charge is 0.0885 e. The monoisotopic (exact) mass is 313 g/mol. The molecule has 0 heterocycles. The van der Waals surface area contributed by atoms with Crippen LogP contribution in [0.5, 0.6) is 0 Å².